The molecule has 2 heterocycles. The molecule has 1 fully saturated rings. The molecule has 7 nitrogen and oxygen atoms in total. The van der Waals surface area contributed by atoms with Crippen LogP contribution in [-0.2, 0) is 9.59 Å². The number of carbonyl (C=O) groups excluding carboxylic acids is 2. The molecule has 0 saturated carbocycles. The summed E-state index contributed by atoms with van der Waals surface area (Å²) >= 11 is 0. The molecule has 0 aliphatic carbocycles. The number of rotatable bonds is 5. The second-order valence-corrected chi connectivity index (χ2v) is 7.96. The summed E-state index contributed by atoms with van der Waals surface area (Å²) < 4.78 is 10.4. The topological polar surface area (TPSA) is 72.0 Å². The number of benzene rings is 2. The Morgan fingerprint density at radius 2 is 1.76 bits per heavy atom. The van der Waals surface area contributed by atoms with Crippen LogP contribution >= 0.6 is 0 Å². The number of hydrogen-bond acceptors (Lipinski definition) is 6. The maximum Gasteiger partial charge on any atom is 0.308 e. The van der Waals surface area contributed by atoms with Gasteiger partial charge < -0.3 is 19.3 Å². The molecule has 4 rings (SSSR count). The number of para-hydroxylation sites is 1. The molecule has 0 unspecified atom stereocenters. The van der Waals surface area contributed by atoms with Crippen molar-refractivity contribution in [2.24, 2.45) is 0 Å². The van der Waals surface area contributed by atoms with Gasteiger partial charge in [-0.2, -0.15) is 0 Å². The molecule has 7 heteroatoms. The summed E-state index contributed by atoms with van der Waals surface area (Å²) in [4.78, 5) is 32.8. The summed E-state index contributed by atoms with van der Waals surface area (Å²) in [7, 11) is 1.51. The van der Waals surface area contributed by atoms with Crippen LogP contribution in [0.3, 0.4) is 0 Å². The highest BCUT2D eigenvalue weighted by Crippen LogP contribution is 2.29. The third-order valence-corrected chi connectivity index (χ3v) is 5.68. The average Bonchev–Trinajstić information content (AvgIpc) is 2.83. The van der Waals surface area contributed by atoms with Crippen LogP contribution in [0.25, 0.3) is 17.0 Å². The van der Waals surface area contributed by atoms with Gasteiger partial charge in [-0.3, -0.25) is 9.59 Å². The Hall–Kier alpha value is -3.87. The van der Waals surface area contributed by atoms with E-state index in [2.05, 4.69) is 24.0 Å². The molecule has 1 aliphatic heterocycles. The van der Waals surface area contributed by atoms with Crippen LogP contribution < -0.4 is 14.4 Å². The monoisotopic (exact) mass is 445 g/mol. The number of piperazine rings is 1. The van der Waals surface area contributed by atoms with Crippen molar-refractivity contribution in [3.8, 4) is 11.5 Å². The van der Waals surface area contributed by atoms with Crippen LogP contribution in [0.4, 0.5) is 5.82 Å². The highest BCUT2D eigenvalue weighted by atomic mass is 16.6. The van der Waals surface area contributed by atoms with E-state index in [1.54, 1.807) is 30.4 Å². The van der Waals surface area contributed by atoms with E-state index in [9.17, 15) is 9.59 Å². The van der Waals surface area contributed by atoms with Crippen LogP contribution in [0.2, 0.25) is 0 Å². The van der Waals surface area contributed by atoms with E-state index in [0.717, 1.165) is 35.4 Å². The number of amides is 1. The fraction of sp³-hybridized carbons (Fsp3) is 0.269. The van der Waals surface area contributed by atoms with Gasteiger partial charge in [0.2, 0.25) is 5.91 Å². The molecule has 1 amide bonds. The van der Waals surface area contributed by atoms with Gasteiger partial charge in [-0.15, -0.1) is 0 Å². The van der Waals surface area contributed by atoms with Gasteiger partial charge in [0, 0.05) is 44.6 Å². The number of aromatic nitrogens is 1. The molecule has 0 radical (unpaired) electrons. The summed E-state index contributed by atoms with van der Waals surface area (Å²) in [5.74, 6) is 1.28. The summed E-state index contributed by atoms with van der Waals surface area (Å²) in [6.07, 6.45) is 3.30. The first kappa shape index (κ1) is 22.3. The van der Waals surface area contributed by atoms with Crippen LogP contribution in [0.15, 0.2) is 54.6 Å². The van der Waals surface area contributed by atoms with Crippen LogP contribution in [0.5, 0.6) is 11.5 Å². The lowest BCUT2D eigenvalue weighted by Gasteiger charge is -2.35. The number of hydrogen-bond donors (Lipinski definition) is 0. The van der Waals surface area contributed by atoms with Crippen molar-refractivity contribution < 1.29 is 19.1 Å². The molecule has 1 aromatic heterocycles. The number of esters is 1. The van der Waals surface area contributed by atoms with E-state index in [0.29, 0.717) is 24.6 Å². The van der Waals surface area contributed by atoms with Gasteiger partial charge in [-0.05, 0) is 48.4 Å². The van der Waals surface area contributed by atoms with E-state index in [-0.39, 0.29) is 5.91 Å². The summed E-state index contributed by atoms with van der Waals surface area (Å²) in [5, 5.41) is 1.16. The Balaban J connectivity index is 1.39. The number of carbonyl (C=O) groups is 2. The van der Waals surface area contributed by atoms with Crippen molar-refractivity contribution in [1.29, 1.82) is 0 Å². The average molecular weight is 446 g/mol. The van der Waals surface area contributed by atoms with Gasteiger partial charge in [0.1, 0.15) is 5.82 Å². The molecule has 2 aromatic carbocycles. The highest BCUT2D eigenvalue weighted by Gasteiger charge is 2.21. The quantitative estimate of drug-likeness (QED) is 0.338. The number of anilines is 1. The molecular formula is C26H27N3O4. The van der Waals surface area contributed by atoms with Crippen molar-refractivity contribution in [3.05, 3.63) is 65.7 Å². The minimum atomic E-state index is -0.417. The zero-order chi connectivity index (χ0) is 23.4. The number of methoxy groups -OCH3 is 1. The summed E-state index contributed by atoms with van der Waals surface area (Å²) in [5.41, 5.74) is 2.97. The van der Waals surface area contributed by atoms with Crippen LogP contribution in [0, 0.1) is 6.92 Å². The summed E-state index contributed by atoms with van der Waals surface area (Å²) in [6, 6.07) is 15.4. The zero-order valence-electron chi connectivity index (χ0n) is 19.1. The highest BCUT2D eigenvalue weighted by molar-refractivity contribution is 5.92. The largest absolute Gasteiger partial charge is 0.493 e. The number of ether oxygens (including phenoxy) is 2. The Bertz CT molecular complexity index is 1210. The molecule has 0 N–H and O–H groups in total. The first-order valence-electron chi connectivity index (χ1n) is 10.9. The third-order valence-electron chi connectivity index (χ3n) is 5.68. The molecule has 33 heavy (non-hydrogen) atoms. The molecule has 170 valence electrons. The van der Waals surface area contributed by atoms with Crippen molar-refractivity contribution in [2.45, 2.75) is 13.8 Å². The second kappa shape index (κ2) is 9.73. The maximum absolute atomic E-state index is 12.7. The van der Waals surface area contributed by atoms with E-state index in [1.165, 1.54) is 19.6 Å². The Morgan fingerprint density at radius 3 is 2.48 bits per heavy atom. The molecular weight excluding hydrogens is 418 g/mol. The SMILES string of the molecule is COc1cc(/C=C/C(=O)N2CCN(c3cc(C)c4ccccc4n3)CC2)ccc1OC(C)=O. The standard InChI is InChI=1S/C26H27N3O4/c1-18-16-25(27-22-7-5-4-6-21(18)22)28-12-14-29(15-13-28)26(31)11-9-20-8-10-23(33-19(2)30)24(17-20)32-3/h4-11,16-17H,12-15H2,1-3H3/b11-9+. The van der Waals surface area contributed by atoms with E-state index in [1.807, 2.05) is 23.1 Å². The zero-order valence-corrected chi connectivity index (χ0v) is 19.1. The lowest BCUT2D eigenvalue weighted by Crippen LogP contribution is -2.48. The number of pyridine rings is 1. The van der Waals surface area contributed by atoms with Gasteiger partial charge in [-0.25, -0.2) is 4.98 Å². The van der Waals surface area contributed by atoms with Gasteiger partial charge in [0.15, 0.2) is 11.5 Å². The van der Waals surface area contributed by atoms with Crippen LogP contribution in [0.1, 0.15) is 18.1 Å². The predicted molar refractivity (Wildman–Crippen MR) is 129 cm³/mol. The van der Waals surface area contributed by atoms with Crippen LogP contribution in [-0.4, -0.2) is 55.0 Å². The first-order valence-corrected chi connectivity index (χ1v) is 10.9. The molecule has 0 bridgehead atoms. The lowest BCUT2D eigenvalue weighted by molar-refractivity contribution is -0.132. The minimum absolute atomic E-state index is 0.0414. The van der Waals surface area contributed by atoms with E-state index < -0.39 is 5.97 Å². The van der Waals surface area contributed by atoms with Gasteiger partial charge in [0.05, 0.1) is 12.6 Å². The first-order chi connectivity index (χ1) is 15.9. The second-order valence-electron chi connectivity index (χ2n) is 7.96. The molecule has 3 aromatic rings. The smallest absolute Gasteiger partial charge is 0.308 e. The lowest BCUT2D eigenvalue weighted by atomic mass is 10.1. The molecule has 0 atom stereocenters. The number of fused-ring (bicyclic) bond motifs is 1. The Kier molecular flexibility index (Phi) is 6.58. The van der Waals surface area contributed by atoms with Gasteiger partial charge >= 0.3 is 5.97 Å². The molecule has 0 spiro atoms. The van der Waals surface area contributed by atoms with Crippen molar-refractivity contribution in [2.75, 3.05) is 38.2 Å². The minimum Gasteiger partial charge on any atom is -0.493 e. The van der Waals surface area contributed by atoms with Crippen molar-refractivity contribution in [1.82, 2.24) is 9.88 Å². The maximum atomic E-state index is 12.7. The van der Waals surface area contributed by atoms with Crippen molar-refractivity contribution >= 4 is 34.7 Å². The fourth-order valence-corrected chi connectivity index (χ4v) is 3.95. The normalized spacial score (nSPS) is 14.0. The predicted octanol–water partition coefficient (Wildman–Crippen LogP) is 3.84. The fourth-order valence-electron chi connectivity index (χ4n) is 3.95. The molecule has 1 aliphatic rings. The van der Waals surface area contributed by atoms with Gasteiger partial charge in [0.25, 0.3) is 0 Å². The van der Waals surface area contributed by atoms with E-state index in [4.69, 9.17) is 14.5 Å². The third kappa shape index (κ3) is 5.14. The Morgan fingerprint density at radius 1 is 1.00 bits per heavy atom. The van der Waals surface area contributed by atoms with Crippen molar-refractivity contribution in [3.63, 3.8) is 0 Å². The van der Waals surface area contributed by atoms with E-state index >= 15 is 0 Å². The van der Waals surface area contributed by atoms with Gasteiger partial charge in [-0.1, -0.05) is 24.3 Å². The number of nitrogens with zero attached hydrogens (tertiary/aromatic N) is 3. The molecule has 1 saturated heterocycles. The Labute approximate surface area is 193 Å². The number of aryl methyl sites for hydroxylation is 1. The summed E-state index contributed by atoms with van der Waals surface area (Å²) in [6.45, 7) is 6.16.